The van der Waals surface area contributed by atoms with E-state index in [1.165, 1.54) is 0 Å². The third kappa shape index (κ3) is 5.39. The van der Waals surface area contributed by atoms with Crippen molar-refractivity contribution in [3.05, 3.63) is 0 Å². The molecule has 0 radical (unpaired) electrons. The fourth-order valence-electron chi connectivity index (χ4n) is 2.59. The number of amides is 2. The summed E-state index contributed by atoms with van der Waals surface area (Å²) >= 11 is 0. The zero-order valence-electron chi connectivity index (χ0n) is 13.0. The van der Waals surface area contributed by atoms with Crippen LogP contribution in [-0.4, -0.2) is 29.7 Å². The van der Waals surface area contributed by atoms with Crippen LogP contribution in [0.1, 0.15) is 53.4 Å². The highest BCUT2D eigenvalue weighted by Crippen LogP contribution is 2.34. The van der Waals surface area contributed by atoms with E-state index in [0.29, 0.717) is 5.41 Å². The predicted molar refractivity (Wildman–Crippen MR) is 78.5 cm³/mol. The van der Waals surface area contributed by atoms with Gasteiger partial charge in [0.2, 0.25) is 0 Å². The van der Waals surface area contributed by atoms with Crippen molar-refractivity contribution in [1.29, 1.82) is 0 Å². The molecule has 1 aliphatic carbocycles. The molecule has 0 heterocycles. The zero-order valence-corrected chi connectivity index (χ0v) is 13.0. The molecule has 0 aromatic rings. The first-order valence-corrected chi connectivity index (χ1v) is 7.48. The molecule has 0 aliphatic heterocycles. The summed E-state index contributed by atoms with van der Waals surface area (Å²) in [5.41, 5.74) is 0.376. The SMILES string of the molecule is CC(C)C(CNC(=O)NC1CCC(C)(C)CC1)C(=O)O. The van der Waals surface area contributed by atoms with Crippen molar-refractivity contribution in [2.24, 2.45) is 17.3 Å². The average molecular weight is 284 g/mol. The van der Waals surface area contributed by atoms with E-state index >= 15 is 0 Å². The second kappa shape index (κ2) is 6.95. The average Bonchev–Trinajstić information content (AvgIpc) is 2.31. The third-order valence-corrected chi connectivity index (χ3v) is 4.28. The van der Waals surface area contributed by atoms with Crippen LogP contribution in [0.4, 0.5) is 4.79 Å². The molecule has 1 atom stereocenters. The van der Waals surface area contributed by atoms with Crippen molar-refractivity contribution in [2.45, 2.75) is 59.4 Å². The van der Waals surface area contributed by atoms with Gasteiger partial charge in [0, 0.05) is 12.6 Å². The van der Waals surface area contributed by atoms with E-state index in [4.69, 9.17) is 5.11 Å². The van der Waals surface area contributed by atoms with Crippen molar-refractivity contribution >= 4 is 12.0 Å². The highest BCUT2D eigenvalue weighted by molar-refractivity contribution is 5.76. The van der Waals surface area contributed by atoms with E-state index in [2.05, 4.69) is 24.5 Å². The van der Waals surface area contributed by atoms with Crippen LogP contribution in [0.5, 0.6) is 0 Å². The smallest absolute Gasteiger partial charge is 0.315 e. The number of aliphatic carboxylic acids is 1. The summed E-state index contributed by atoms with van der Waals surface area (Å²) < 4.78 is 0. The van der Waals surface area contributed by atoms with Gasteiger partial charge in [-0.3, -0.25) is 4.79 Å². The Morgan fingerprint density at radius 2 is 1.80 bits per heavy atom. The largest absolute Gasteiger partial charge is 0.481 e. The van der Waals surface area contributed by atoms with Crippen LogP contribution in [0.25, 0.3) is 0 Å². The first-order valence-electron chi connectivity index (χ1n) is 7.48. The molecule has 1 unspecified atom stereocenters. The highest BCUT2D eigenvalue weighted by atomic mass is 16.4. The maximum Gasteiger partial charge on any atom is 0.315 e. The van der Waals surface area contributed by atoms with Gasteiger partial charge >= 0.3 is 12.0 Å². The van der Waals surface area contributed by atoms with Crippen molar-refractivity contribution in [1.82, 2.24) is 10.6 Å². The molecule has 5 nitrogen and oxygen atoms in total. The van der Waals surface area contributed by atoms with Crippen LogP contribution in [0.2, 0.25) is 0 Å². The Morgan fingerprint density at radius 1 is 1.25 bits per heavy atom. The van der Waals surface area contributed by atoms with Gasteiger partial charge in [-0.15, -0.1) is 0 Å². The monoisotopic (exact) mass is 284 g/mol. The van der Waals surface area contributed by atoms with Crippen molar-refractivity contribution in [3.8, 4) is 0 Å². The summed E-state index contributed by atoms with van der Waals surface area (Å²) in [4.78, 5) is 22.9. The lowest BCUT2D eigenvalue weighted by Gasteiger charge is -2.34. The molecule has 1 fully saturated rings. The Labute approximate surface area is 121 Å². The predicted octanol–water partition coefficient (Wildman–Crippen LogP) is 2.61. The molecule has 116 valence electrons. The number of rotatable bonds is 5. The Morgan fingerprint density at radius 3 is 2.25 bits per heavy atom. The minimum absolute atomic E-state index is 0.00304. The Balaban J connectivity index is 2.32. The third-order valence-electron chi connectivity index (χ3n) is 4.28. The lowest BCUT2D eigenvalue weighted by molar-refractivity contribution is -0.142. The first kappa shape index (κ1) is 16.8. The summed E-state index contributed by atoms with van der Waals surface area (Å²) in [5.74, 6) is -1.39. The number of hydrogen-bond acceptors (Lipinski definition) is 2. The molecule has 0 saturated heterocycles. The fourth-order valence-corrected chi connectivity index (χ4v) is 2.59. The lowest BCUT2D eigenvalue weighted by atomic mass is 9.76. The van der Waals surface area contributed by atoms with Crippen LogP contribution in [0, 0.1) is 17.3 Å². The van der Waals surface area contributed by atoms with E-state index in [1.807, 2.05) is 13.8 Å². The topological polar surface area (TPSA) is 78.4 Å². The summed E-state index contributed by atoms with van der Waals surface area (Å²) in [7, 11) is 0. The Hall–Kier alpha value is -1.26. The summed E-state index contributed by atoms with van der Waals surface area (Å²) in [5, 5.41) is 14.7. The van der Waals surface area contributed by atoms with E-state index in [0.717, 1.165) is 25.7 Å². The second-order valence-electron chi connectivity index (χ2n) is 6.98. The minimum atomic E-state index is -0.861. The number of carboxylic acid groups (broad SMARTS) is 1. The second-order valence-corrected chi connectivity index (χ2v) is 6.98. The van der Waals surface area contributed by atoms with Crippen LogP contribution in [-0.2, 0) is 4.79 Å². The molecule has 5 heteroatoms. The normalized spacial score (nSPS) is 20.4. The van der Waals surface area contributed by atoms with Gasteiger partial charge in [0.05, 0.1) is 5.92 Å². The first-order chi connectivity index (χ1) is 9.21. The van der Waals surface area contributed by atoms with Gasteiger partial charge in [0.15, 0.2) is 0 Å². The van der Waals surface area contributed by atoms with Crippen LogP contribution < -0.4 is 10.6 Å². The molecular weight excluding hydrogens is 256 g/mol. The van der Waals surface area contributed by atoms with Gasteiger partial charge in [-0.05, 0) is 37.0 Å². The maximum atomic E-state index is 11.8. The van der Waals surface area contributed by atoms with Crippen molar-refractivity contribution in [3.63, 3.8) is 0 Å². The number of carboxylic acids is 1. The standard InChI is InChI=1S/C15H28N2O3/c1-10(2)12(13(18)19)9-16-14(20)17-11-5-7-15(3,4)8-6-11/h10-12H,5-9H2,1-4H3,(H,18,19)(H2,16,17,20). The molecule has 2 amide bonds. The lowest BCUT2D eigenvalue weighted by Crippen LogP contribution is -2.46. The van der Waals surface area contributed by atoms with Gasteiger partial charge in [-0.2, -0.15) is 0 Å². The molecule has 0 aromatic carbocycles. The zero-order chi connectivity index (χ0) is 15.3. The van der Waals surface area contributed by atoms with Crippen molar-refractivity contribution < 1.29 is 14.7 Å². The molecule has 1 aliphatic rings. The maximum absolute atomic E-state index is 11.8. The quantitative estimate of drug-likeness (QED) is 0.726. The van der Waals surface area contributed by atoms with E-state index < -0.39 is 11.9 Å². The van der Waals surface area contributed by atoms with Crippen LogP contribution in [0.3, 0.4) is 0 Å². The Bertz CT molecular complexity index is 343. The van der Waals surface area contributed by atoms with E-state index in [1.54, 1.807) is 0 Å². The van der Waals surface area contributed by atoms with Gasteiger partial charge in [0.1, 0.15) is 0 Å². The minimum Gasteiger partial charge on any atom is -0.481 e. The number of carbonyl (C=O) groups excluding carboxylic acids is 1. The van der Waals surface area contributed by atoms with Crippen molar-refractivity contribution in [2.75, 3.05) is 6.54 Å². The number of carbonyl (C=O) groups is 2. The Kier molecular flexibility index (Phi) is 5.84. The number of nitrogens with one attached hydrogen (secondary N) is 2. The number of hydrogen-bond donors (Lipinski definition) is 3. The molecule has 1 rings (SSSR count). The van der Waals surface area contributed by atoms with Crippen LogP contribution in [0.15, 0.2) is 0 Å². The fraction of sp³-hybridized carbons (Fsp3) is 0.867. The molecule has 3 N–H and O–H groups in total. The van der Waals surface area contributed by atoms with E-state index in [9.17, 15) is 9.59 Å². The van der Waals surface area contributed by atoms with Gasteiger partial charge < -0.3 is 15.7 Å². The number of urea groups is 1. The van der Waals surface area contributed by atoms with Gasteiger partial charge in [-0.1, -0.05) is 27.7 Å². The molecule has 1 saturated carbocycles. The van der Waals surface area contributed by atoms with Crippen LogP contribution >= 0.6 is 0 Å². The summed E-state index contributed by atoms with van der Waals surface area (Å²) in [6.07, 6.45) is 4.21. The summed E-state index contributed by atoms with van der Waals surface area (Å²) in [6, 6.07) is -0.0352. The molecule has 20 heavy (non-hydrogen) atoms. The molecule has 0 spiro atoms. The molecule has 0 aromatic heterocycles. The molecular formula is C15H28N2O3. The highest BCUT2D eigenvalue weighted by Gasteiger charge is 2.28. The van der Waals surface area contributed by atoms with Gasteiger partial charge in [-0.25, -0.2) is 4.79 Å². The molecule has 0 bridgehead atoms. The van der Waals surface area contributed by atoms with E-state index in [-0.39, 0.29) is 24.5 Å². The summed E-state index contributed by atoms with van der Waals surface area (Å²) in [6.45, 7) is 8.38. The van der Waals surface area contributed by atoms with Gasteiger partial charge in [0.25, 0.3) is 0 Å².